The largest absolute Gasteiger partial charge is 0.382 e. The van der Waals surface area contributed by atoms with Crippen molar-refractivity contribution in [3.63, 3.8) is 0 Å². The summed E-state index contributed by atoms with van der Waals surface area (Å²) < 4.78 is 173. The van der Waals surface area contributed by atoms with Crippen molar-refractivity contribution in [1.82, 2.24) is 0 Å². The van der Waals surface area contributed by atoms with Crippen molar-refractivity contribution >= 4 is 0 Å². The van der Waals surface area contributed by atoms with Crippen molar-refractivity contribution in [2.45, 2.75) is 184 Å². The lowest BCUT2D eigenvalue weighted by molar-refractivity contribution is -0.407. The summed E-state index contributed by atoms with van der Waals surface area (Å²) >= 11 is 0. The molecule has 0 amide bonds. The van der Waals surface area contributed by atoms with Crippen molar-refractivity contribution in [3.8, 4) is 0 Å². The van der Waals surface area contributed by atoms with E-state index in [1.807, 2.05) is 0 Å². The second kappa shape index (κ2) is 35.0. The third kappa shape index (κ3) is 15.7. The van der Waals surface area contributed by atoms with E-state index in [1.54, 1.807) is 0 Å². The van der Waals surface area contributed by atoms with Gasteiger partial charge in [0.05, 0.1) is 57.8 Å². The molecule has 87 heavy (non-hydrogen) atoms. The highest BCUT2D eigenvalue weighted by molar-refractivity contribution is 5.04. The second-order valence-electron chi connectivity index (χ2n) is 20.9. The number of hydrogen-bond acceptors (Lipinski definition) is 30. The van der Waals surface area contributed by atoms with E-state index in [9.17, 15) is 16.6 Å². The lowest BCUT2D eigenvalue weighted by Crippen LogP contribution is -2.70. The Balaban J connectivity index is 1.38. The Morgan fingerprint density at radius 2 is 0.402 bits per heavy atom. The summed E-state index contributed by atoms with van der Waals surface area (Å²) in [6.45, 7) is -1.25. The molecular weight excluding hydrogens is 1170 g/mol. The van der Waals surface area contributed by atoms with E-state index in [4.69, 9.17) is 128 Å². The van der Waals surface area contributed by atoms with Gasteiger partial charge in [-0.05, 0) is 16.6 Å². The van der Waals surface area contributed by atoms with Gasteiger partial charge < -0.3 is 128 Å². The van der Waals surface area contributed by atoms with E-state index >= 15 is 0 Å². The number of methoxy groups -OCH3 is 15. The van der Waals surface area contributed by atoms with Crippen molar-refractivity contribution < 1.29 is 128 Å². The predicted molar refractivity (Wildman–Crippen MR) is 288 cm³/mol. The first-order valence-corrected chi connectivity index (χ1v) is 28.1. The quantitative estimate of drug-likeness (QED) is 0.0729. The molecule has 0 spiro atoms. The molecule has 36 heteroatoms. The van der Waals surface area contributed by atoms with Gasteiger partial charge in [-0.15, -0.1) is 0 Å². The molecule has 22 aliphatic rings. The summed E-state index contributed by atoms with van der Waals surface area (Å²) in [5, 5.41) is 11.7. The van der Waals surface area contributed by atoms with Crippen LogP contribution in [0.5, 0.6) is 0 Å². The molecule has 22 fully saturated rings. The Morgan fingerprint density at radius 1 is 0.241 bits per heavy atom. The molecule has 0 aromatic heterocycles. The molecule has 36 nitrogen and oxygen atoms in total. The highest BCUT2D eigenvalue weighted by Crippen LogP contribution is 2.42. The number of azide groups is 3. The van der Waals surface area contributed by atoms with Crippen LogP contribution in [-0.4, -0.2) is 330 Å². The molecule has 12 bridgehead atoms. The van der Waals surface area contributed by atoms with Gasteiger partial charge in [-0.3, -0.25) is 0 Å². The van der Waals surface area contributed by atoms with Crippen LogP contribution in [-0.2, 0) is 128 Å². The van der Waals surface area contributed by atoms with E-state index in [1.165, 1.54) is 107 Å². The number of ether oxygens (including phenoxy) is 27. The van der Waals surface area contributed by atoms with Crippen molar-refractivity contribution in [1.29, 1.82) is 0 Å². The summed E-state index contributed by atoms with van der Waals surface area (Å²) in [5.41, 5.74) is 29.2. The summed E-state index contributed by atoms with van der Waals surface area (Å²) in [6.07, 6.45) is -33.9. The van der Waals surface area contributed by atoms with Crippen LogP contribution in [0.3, 0.4) is 0 Å². The van der Waals surface area contributed by atoms with Gasteiger partial charge in [-0.25, -0.2) is 0 Å². The molecule has 22 rings (SSSR count). The van der Waals surface area contributed by atoms with Crippen molar-refractivity contribution in [3.05, 3.63) is 31.3 Å². The molecule has 30 atom stereocenters. The molecule has 0 N–H and O–H groups in total. The van der Waals surface area contributed by atoms with Crippen LogP contribution < -0.4 is 0 Å². The maximum absolute atomic E-state index is 9.73. The summed E-state index contributed by atoms with van der Waals surface area (Å²) in [6, 6.07) is 0. The summed E-state index contributed by atoms with van der Waals surface area (Å²) in [5.74, 6) is 0. The van der Waals surface area contributed by atoms with E-state index in [2.05, 4.69) is 30.1 Å². The third-order valence-electron chi connectivity index (χ3n) is 16.5. The first-order valence-electron chi connectivity index (χ1n) is 28.1. The topological polar surface area (TPSA) is 395 Å². The Hall–Kier alpha value is -3.15. The fourth-order valence-electron chi connectivity index (χ4n) is 12.6. The van der Waals surface area contributed by atoms with Gasteiger partial charge in [0.15, 0.2) is 37.7 Å². The minimum atomic E-state index is -1.33. The maximum atomic E-state index is 9.73. The molecule has 0 unspecified atom stereocenters. The minimum absolute atomic E-state index is 0.101. The molecule has 0 saturated carbocycles. The van der Waals surface area contributed by atoms with Gasteiger partial charge in [0, 0.05) is 121 Å². The van der Waals surface area contributed by atoms with Gasteiger partial charge in [-0.1, -0.05) is 15.3 Å². The van der Waals surface area contributed by atoms with Gasteiger partial charge >= 0.3 is 0 Å². The van der Waals surface area contributed by atoms with Gasteiger partial charge in [-0.2, -0.15) is 0 Å². The van der Waals surface area contributed by atoms with Crippen LogP contribution in [0, 0.1) is 0 Å². The summed E-state index contributed by atoms with van der Waals surface area (Å²) in [4.78, 5) is 9.10. The molecule has 498 valence electrons. The van der Waals surface area contributed by atoms with Crippen LogP contribution in [0.15, 0.2) is 15.3 Å². The molecule has 0 aliphatic carbocycles. The zero-order valence-electron chi connectivity index (χ0n) is 51.6. The third-order valence-corrected chi connectivity index (χ3v) is 16.5. The van der Waals surface area contributed by atoms with E-state index < -0.39 is 184 Å². The monoisotopic (exact) mass is 1260 g/mol. The Kier molecular flexibility index (Phi) is 28.7. The Morgan fingerprint density at radius 3 is 0.552 bits per heavy atom. The first kappa shape index (κ1) is 71.3. The molecule has 0 aromatic carbocycles. The zero-order valence-corrected chi connectivity index (χ0v) is 51.6. The van der Waals surface area contributed by atoms with Crippen LogP contribution >= 0.6 is 0 Å². The average molecular weight is 1260 g/mol. The van der Waals surface area contributed by atoms with Gasteiger partial charge in [0.1, 0.15) is 128 Å². The van der Waals surface area contributed by atoms with E-state index in [-0.39, 0.29) is 39.5 Å². The normalized spacial score (nSPS) is 44.4. The van der Waals surface area contributed by atoms with Crippen LogP contribution in [0.1, 0.15) is 0 Å². The van der Waals surface area contributed by atoms with E-state index in [0.717, 1.165) is 0 Å². The number of rotatable bonds is 24. The lowest BCUT2D eigenvalue weighted by atomic mass is 9.94. The molecule has 22 heterocycles. The maximum Gasteiger partial charge on any atom is 0.187 e. The number of nitrogens with zero attached hydrogens (tertiary/aromatic N) is 9. The highest BCUT2D eigenvalue weighted by atomic mass is 16.8. The zero-order chi connectivity index (χ0) is 62.9. The lowest BCUT2D eigenvalue weighted by Gasteiger charge is -2.53. The minimum Gasteiger partial charge on any atom is -0.382 e. The summed E-state index contributed by atoms with van der Waals surface area (Å²) in [7, 11) is 21.6. The first-order chi connectivity index (χ1) is 42.4. The van der Waals surface area contributed by atoms with Gasteiger partial charge in [0.2, 0.25) is 0 Å². The number of hydrogen-bond donors (Lipinski definition) is 0. The molecule has 0 radical (unpaired) electrons. The van der Waals surface area contributed by atoms with Crippen LogP contribution in [0.2, 0.25) is 0 Å². The standard InChI is InChI=1S/C51H87N9O27/c1-61-19-25-31-37(67-7)43(73-13)49(79-25)82-28-22(16-55-58-52)77-47(41(71-11)34(28)64-4)86-32-26(20-62-2)81-51(45(75-15)38(32)68-8)84-30-24(18-57-60-54)78-48(42(72-12)36(30)66-6)87-33-27(21-63-3)80-50(44(74-14)39(33)69-9)83-29-23(17-56-59-53)76-46(85-31)40(70-10)35(29)65-5/h22-51H,16-21H2,1-15H3/t22-,23-,24-,25-,26-,27-,28-,29-,30-,31-,32-,33-,34+,35+,36+,37+,38+,39+,40-,41-,42-,43-,44-,45-,46-,47-,48-,49-,50-,51-/m1/s1. The molecule has 22 saturated heterocycles. The Labute approximate surface area is 503 Å². The van der Waals surface area contributed by atoms with Gasteiger partial charge in [0.25, 0.3) is 0 Å². The Bertz CT molecular complexity index is 1970. The second-order valence-corrected chi connectivity index (χ2v) is 20.9. The smallest absolute Gasteiger partial charge is 0.187 e. The van der Waals surface area contributed by atoms with Crippen LogP contribution in [0.4, 0.5) is 0 Å². The molecule has 22 aliphatic heterocycles. The van der Waals surface area contributed by atoms with E-state index in [0.29, 0.717) is 0 Å². The fourth-order valence-corrected chi connectivity index (χ4v) is 12.6. The highest BCUT2D eigenvalue weighted by Gasteiger charge is 2.61. The average Bonchev–Trinajstić information content (AvgIpc) is 1.24. The van der Waals surface area contributed by atoms with Crippen molar-refractivity contribution in [2.75, 3.05) is 146 Å². The van der Waals surface area contributed by atoms with Crippen LogP contribution in [0.25, 0.3) is 31.3 Å². The SMILES string of the molecule is COC[C@H]1O[C@@H]2O[C@H]3[C@H](OC)[C@@H](OC)[C@@H](O[C@H]4[C@H](OC)[C@@H](OC)[C@@H](O[C@H]5[C@H](OC)[C@@H](OC)[C@@H](O[C@H]6[C@H](OC)[C@@H](OC)[C@@H](O[C@H]7[C@H](OC)[C@@H](OC)[C@@H](O[C@H]1[C@H](OC)[C@H]2OC)O[C@@H]7CN=[N+]=[N-])O[C@@H]6COC)O[C@@H]5CN=[N+]=[N-])O[C@@H]4COC)O[C@@H]3CN=[N+]=[N-]. The molecule has 0 aromatic rings. The van der Waals surface area contributed by atoms with Crippen molar-refractivity contribution in [2.24, 2.45) is 15.3 Å². The predicted octanol–water partition coefficient (Wildman–Crippen LogP) is 0.711. The fraction of sp³-hybridized carbons (Fsp3) is 1.00. The molecular formula is C51H87N9O27.